The zero-order valence-corrected chi connectivity index (χ0v) is 21.6. The van der Waals surface area contributed by atoms with Crippen molar-refractivity contribution >= 4 is 11.8 Å². The Morgan fingerprint density at radius 2 is 1.94 bits per heavy atom. The molecule has 1 heterocycles. The van der Waals surface area contributed by atoms with Crippen LogP contribution in [0.1, 0.15) is 66.7 Å². The van der Waals surface area contributed by atoms with Crippen molar-refractivity contribution in [3.05, 3.63) is 12.7 Å². The Bertz CT molecular complexity index is 849. The van der Waals surface area contributed by atoms with E-state index in [1.54, 1.807) is 6.08 Å². The van der Waals surface area contributed by atoms with Crippen molar-refractivity contribution in [3.63, 3.8) is 0 Å². The number of ether oxygens (including phenoxy) is 1. The minimum absolute atomic E-state index is 0.126. The number of ketones is 1. The molecule has 9 unspecified atom stereocenters. The van der Waals surface area contributed by atoms with Gasteiger partial charge in [-0.25, -0.2) is 0 Å². The number of nitrogens with zero attached hydrogens (tertiary/aromatic N) is 1. The van der Waals surface area contributed by atoms with Crippen LogP contribution in [0.4, 0.5) is 0 Å². The molecule has 4 rings (SSSR count). The summed E-state index contributed by atoms with van der Waals surface area (Å²) < 4.78 is 6.29. The summed E-state index contributed by atoms with van der Waals surface area (Å²) in [6.07, 6.45) is 2.77. The molecule has 9 atom stereocenters. The van der Waals surface area contributed by atoms with Gasteiger partial charge in [0.15, 0.2) is 0 Å². The molecule has 0 amide bonds. The van der Waals surface area contributed by atoms with E-state index >= 15 is 0 Å². The van der Waals surface area contributed by atoms with Gasteiger partial charge in [0.25, 0.3) is 0 Å². The van der Waals surface area contributed by atoms with E-state index in [-0.39, 0.29) is 30.6 Å². The van der Waals surface area contributed by atoms with E-state index in [0.717, 1.165) is 19.6 Å². The molecule has 7 heteroatoms. The third-order valence-corrected chi connectivity index (χ3v) is 10.5. The lowest BCUT2D eigenvalue weighted by Crippen LogP contribution is -2.69. The summed E-state index contributed by atoms with van der Waals surface area (Å²) in [5.41, 5.74) is -3.06. The lowest BCUT2D eigenvalue weighted by molar-refractivity contribution is -0.252. The Hall–Kier alpha value is -1.28. The van der Waals surface area contributed by atoms with Crippen molar-refractivity contribution in [2.75, 3.05) is 26.2 Å². The maximum Gasteiger partial charge on any atom is 0.320 e. The van der Waals surface area contributed by atoms with Gasteiger partial charge in [-0.15, -0.1) is 6.58 Å². The molecule has 2 bridgehead atoms. The molecule has 192 valence electrons. The van der Waals surface area contributed by atoms with E-state index in [2.05, 4.69) is 30.6 Å². The van der Waals surface area contributed by atoms with Gasteiger partial charge in [-0.3, -0.25) is 14.5 Å². The third kappa shape index (κ3) is 3.69. The highest BCUT2D eigenvalue weighted by Crippen LogP contribution is 2.69. The third-order valence-electron chi connectivity index (χ3n) is 10.5. The molecule has 3 aliphatic carbocycles. The van der Waals surface area contributed by atoms with Crippen LogP contribution < -0.4 is 5.32 Å². The Labute approximate surface area is 204 Å². The highest BCUT2D eigenvalue weighted by Gasteiger charge is 2.72. The molecule has 0 aromatic rings. The second-order valence-electron chi connectivity index (χ2n) is 12.4. The number of aliphatic hydroxyl groups excluding tert-OH is 2. The van der Waals surface area contributed by atoms with Gasteiger partial charge in [-0.1, -0.05) is 26.8 Å². The average molecular weight is 477 g/mol. The predicted octanol–water partition coefficient (Wildman–Crippen LogP) is 2.30. The highest BCUT2D eigenvalue weighted by molar-refractivity contribution is 5.86. The summed E-state index contributed by atoms with van der Waals surface area (Å²) in [4.78, 5) is 28.8. The smallest absolute Gasteiger partial charge is 0.320 e. The Morgan fingerprint density at radius 3 is 2.59 bits per heavy atom. The number of Topliss-reactive ketones (excluding diaryl/α,β-unsaturated/α-hetero) is 1. The van der Waals surface area contributed by atoms with E-state index in [1.807, 2.05) is 20.8 Å². The standard InChI is InChI=1S/C27H44N2O5/c1-7-24(4)14-20(31)26(6)22-19(30)8-9-27(22,18(3)23(24)33)11-10-25(26,5)34-21(32)16-29-13-12-28-17(2)15-29/h7,17-18,20,22-23,28,31,33H,1,8-16H2,2-6H3. The molecule has 4 fully saturated rings. The van der Waals surface area contributed by atoms with Crippen LogP contribution in [0, 0.1) is 28.1 Å². The maximum absolute atomic E-state index is 13.5. The lowest BCUT2D eigenvalue weighted by Gasteiger charge is -2.64. The Morgan fingerprint density at radius 1 is 1.24 bits per heavy atom. The van der Waals surface area contributed by atoms with Crippen LogP contribution in [0.5, 0.6) is 0 Å². The second-order valence-corrected chi connectivity index (χ2v) is 12.4. The SMILES string of the molecule is C=CC1(C)CC(O)C2(C)C3C(=O)CCC3(CCC2(C)OC(=O)CN2CCNC(C)C2)C(C)C1O. The van der Waals surface area contributed by atoms with E-state index in [9.17, 15) is 19.8 Å². The minimum atomic E-state index is -0.985. The molecule has 0 spiro atoms. The molecule has 0 aromatic carbocycles. The highest BCUT2D eigenvalue weighted by atomic mass is 16.6. The van der Waals surface area contributed by atoms with Crippen LogP contribution in [-0.4, -0.2) is 76.9 Å². The molecule has 3 N–H and O–H groups in total. The van der Waals surface area contributed by atoms with Gasteiger partial charge in [0.1, 0.15) is 11.4 Å². The summed E-state index contributed by atoms with van der Waals surface area (Å²) in [5, 5.41) is 26.6. The van der Waals surface area contributed by atoms with Crippen molar-refractivity contribution < 1.29 is 24.5 Å². The zero-order valence-electron chi connectivity index (χ0n) is 21.6. The van der Waals surface area contributed by atoms with Crippen molar-refractivity contribution in [3.8, 4) is 0 Å². The van der Waals surface area contributed by atoms with Gasteiger partial charge in [0.2, 0.25) is 0 Å². The van der Waals surface area contributed by atoms with Crippen molar-refractivity contribution in [2.45, 2.75) is 90.6 Å². The maximum atomic E-state index is 13.5. The largest absolute Gasteiger partial charge is 0.458 e. The van der Waals surface area contributed by atoms with Crippen LogP contribution in [-0.2, 0) is 14.3 Å². The fourth-order valence-electron chi connectivity index (χ4n) is 8.10. The van der Waals surface area contributed by atoms with E-state index in [4.69, 9.17) is 4.74 Å². The molecule has 3 saturated carbocycles. The van der Waals surface area contributed by atoms with Gasteiger partial charge in [0, 0.05) is 48.8 Å². The second kappa shape index (κ2) is 8.68. The number of nitrogens with one attached hydrogen (secondary N) is 1. The molecular weight excluding hydrogens is 432 g/mol. The zero-order chi connectivity index (χ0) is 25.1. The molecular formula is C27H44N2O5. The number of carbonyl (C=O) groups is 2. The van der Waals surface area contributed by atoms with Crippen molar-refractivity contribution in [2.24, 2.45) is 28.1 Å². The minimum Gasteiger partial charge on any atom is -0.458 e. The molecule has 1 saturated heterocycles. The summed E-state index contributed by atoms with van der Waals surface area (Å²) in [5.74, 6) is -0.772. The number of hydrogen-bond donors (Lipinski definition) is 3. The first-order valence-corrected chi connectivity index (χ1v) is 13.0. The fraction of sp³-hybridized carbons (Fsp3) is 0.852. The molecule has 0 radical (unpaired) electrons. The van der Waals surface area contributed by atoms with E-state index in [0.29, 0.717) is 31.7 Å². The molecule has 1 aliphatic heterocycles. The fourth-order valence-corrected chi connectivity index (χ4v) is 8.10. The normalized spacial score (nSPS) is 49.6. The Kier molecular flexibility index (Phi) is 6.59. The predicted molar refractivity (Wildman–Crippen MR) is 130 cm³/mol. The molecule has 4 aliphatic rings. The van der Waals surface area contributed by atoms with Gasteiger partial charge in [-0.05, 0) is 50.9 Å². The van der Waals surface area contributed by atoms with Gasteiger partial charge >= 0.3 is 5.97 Å². The van der Waals surface area contributed by atoms with Gasteiger partial charge in [0.05, 0.1) is 18.8 Å². The number of esters is 1. The van der Waals surface area contributed by atoms with Crippen molar-refractivity contribution in [1.82, 2.24) is 10.2 Å². The quantitative estimate of drug-likeness (QED) is 0.423. The number of aliphatic hydroxyl groups is 2. The van der Waals surface area contributed by atoms with E-state index in [1.165, 1.54) is 0 Å². The van der Waals surface area contributed by atoms with Crippen LogP contribution in [0.2, 0.25) is 0 Å². The van der Waals surface area contributed by atoms with Gasteiger partial charge in [-0.2, -0.15) is 0 Å². The van der Waals surface area contributed by atoms with Crippen LogP contribution >= 0.6 is 0 Å². The topological polar surface area (TPSA) is 99.1 Å². The summed E-state index contributed by atoms with van der Waals surface area (Å²) in [6.45, 7) is 16.5. The average Bonchev–Trinajstić information content (AvgIpc) is 3.12. The Balaban J connectivity index is 1.70. The van der Waals surface area contributed by atoms with Crippen LogP contribution in [0.3, 0.4) is 0 Å². The first-order valence-electron chi connectivity index (χ1n) is 13.0. The number of piperazine rings is 1. The first-order chi connectivity index (χ1) is 15.8. The summed E-state index contributed by atoms with van der Waals surface area (Å²) >= 11 is 0. The van der Waals surface area contributed by atoms with Crippen molar-refractivity contribution in [1.29, 1.82) is 0 Å². The lowest BCUT2D eigenvalue weighted by atomic mass is 9.42. The summed E-state index contributed by atoms with van der Waals surface area (Å²) in [6, 6.07) is 0.318. The molecule has 7 nitrogen and oxygen atoms in total. The molecule has 34 heavy (non-hydrogen) atoms. The number of carbonyl (C=O) groups excluding carboxylic acids is 2. The van der Waals surface area contributed by atoms with Gasteiger partial charge < -0.3 is 20.3 Å². The number of hydrogen-bond acceptors (Lipinski definition) is 7. The summed E-state index contributed by atoms with van der Waals surface area (Å²) in [7, 11) is 0. The monoisotopic (exact) mass is 476 g/mol. The van der Waals surface area contributed by atoms with Crippen LogP contribution in [0.15, 0.2) is 12.7 Å². The molecule has 0 aromatic heterocycles. The first kappa shape index (κ1) is 25.8. The number of rotatable bonds is 4. The van der Waals surface area contributed by atoms with Crippen LogP contribution in [0.25, 0.3) is 0 Å². The van der Waals surface area contributed by atoms with E-state index < -0.39 is 40.0 Å².